The summed E-state index contributed by atoms with van der Waals surface area (Å²) in [4.78, 5) is 10.7. The second kappa shape index (κ2) is 4.05. The van der Waals surface area contributed by atoms with Crippen LogP contribution in [0.15, 0.2) is 18.2 Å². The standard InChI is InChI=1S/C13H18O2/c1-9-5-6-11(7-10(9)2)13(3,4)8-12(14)15/h5-7H,8H2,1-4H3,(H,14,15). The van der Waals surface area contributed by atoms with Crippen LogP contribution in [-0.2, 0) is 10.2 Å². The van der Waals surface area contributed by atoms with Gasteiger partial charge >= 0.3 is 5.97 Å². The lowest BCUT2D eigenvalue weighted by molar-refractivity contribution is -0.138. The van der Waals surface area contributed by atoms with Crippen LogP contribution in [0.4, 0.5) is 0 Å². The molecular weight excluding hydrogens is 188 g/mol. The Morgan fingerprint density at radius 3 is 2.33 bits per heavy atom. The van der Waals surface area contributed by atoms with Crippen molar-refractivity contribution in [1.29, 1.82) is 0 Å². The molecule has 2 nitrogen and oxygen atoms in total. The van der Waals surface area contributed by atoms with Crippen LogP contribution >= 0.6 is 0 Å². The van der Waals surface area contributed by atoms with Crippen LogP contribution < -0.4 is 0 Å². The summed E-state index contributed by atoms with van der Waals surface area (Å²) in [5, 5.41) is 8.83. The molecule has 0 fully saturated rings. The van der Waals surface area contributed by atoms with Gasteiger partial charge in [0.25, 0.3) is 0 Å². The van der Waals surface area contributed by atoms with E-state index in [9.17, 15) is 4.79 Å². The van der Waals surface area contributed by atoms with Crippen molar-refractivity contribution in [3.63, 3.8) is 0 Å². The third-order valence-electron chi connectivity index (χ3n) is 2.88. The number of carbonyl (C=O) groups is 1. The van der Waals surface area contributed by atoms with Crippen LogP contribution in [0.5, 0.6) is 0 Å². The maximum absolute atomic E-state index is 10.7. The van der Waals surface area contributed by atoms with Gasteiger partial charge in [-0.25, -0.2) is 0 Å². The van der Waals surface area contributed by atoms with E-state index in [2.05, 4.69) is 19.9 Å². The van der Waals surface area contributed by atoms with Crippen molar-refractivity contribution >= 4 is 5.97 Å². The molecule has 0 amide bonds. The van der Waals surface area contributed by atoms with Gasteiger partial charge in [0.2, 0.25) is 0 Å². The molecule has 0 saturated carbocycles. The molecule has 15 heavy (non-hydrogen) atoms. The van der Waals surface area contributed by atoms with Gasteiger partial charge in [0.1, 0.15) is 0 Å². The van der Waals surface area contributed by atoms with Crippen LogP contribution in [0.3, 0.4) is 0 Å². The van der Waals surface area contributed by atoms with Gasteiger partial charge in [0.15, 0.2) is 0 Å². The largest absolute Gasteiger partial charge is 0.481 e. The van der Waals surface area contributed by atoms with Crippen molar-refractivity contribution in [2.75, 3.05) is 0 Å². The molecule has 0 aromatic heterocycles. The van der Waals surface area contributed by atoms with Crippen LogP contribution in [0, 0.1) is 13.8 Å². The molecule has 1 rings (SSSR count). The zero-order valence-electron chi connectivity index (χ0n) is 9.79. The molecule has 1 aromatic rings. The van der Waals surface area contributed by atoms with Crippen LogP contribution in [0.1, 0.15) is 37.0 Å². The Balaban J connectivity index is 3.04. The number of aryl methyl sites for hydroxylation is 2. The number of carboxylic acid groups (broad SMARTS) is 1. The van der Waals surface area contributed by atoms with Crippen molar-refractivity contribution in [3.05, 3.63) is 34.9 Å². The highest BCUT2D eigenvalue weighted by Crippen LogP contribution is 2.28. The fraction of sp³-hybridized carbons (Fsp3) is 0.462. The van der Waals surface area contributed by atoms with E-state index < -0.39 is 5.97 Å². The van der Waals surface area contributed by atoms with Gasteiger partial charge < -0.3 is 5.11 Å². The minimum atomic E-state index is -0.752. The summed E-state index contributed by atoms with van der Waals surface area (Å²) in [7, 11) is 0. The summed E-state index contributed by atoms with van der Waals surface area (Å²) in [6.07, 6.45) is 0.162. The van der Waals surface area contributed by atoms with Gasteiger partial charge in [-0.3, -0.25) is 4.79 Å². The van der Waals surface area contributed by atoms with Crippen LogP contribution in [-0.4, -0.2) is 11.1 Å². The topological polar surface area (TPSA) is 37.3 Å². The first kappa shape index (κ1) is 11.8. The lowest BCUT2D eigenvalue weighted by atomic mass is 9.80. The van der Waals surface area contributed by atoms with Crippen molar-refractivity contribution in [2.24, 2.45) is 0 Å². The minimum Gasteiger partial charge on any atom is -0.481 e. The molecule has 0 aliphatic heterocycles. The Bertz CT molecular complexity index is 378. The number of carboxylic acids is 1. The number of hydrogen-bond donors (Lipinski definition) is 1. The highest BCUT2D eigenvalue weighted by atomic mass is 16.4. The van der Waals surface area contributed by atoms with Gasteiger partial charge in [0, 0.05) is 5.41 Å². The quantitative estimate of drug-likeness (QED) is 0.825. The van der Waals surface area contributed by atoms with E-state index in [1.165, 1.54) is 11.1 Å². The Kier molecular flexibility index (Phi) is 3.18. The summed E-state index contributed by atoms with van der Waals surface area (Å²) in [6.45, 7) is 8.04. The molecule has 0 bridgehead atoms. The highest BCUT2D eigenvalue weighted by Gasteiger charge is 2.24. The minimum absolute atomic E-state index is 0.162. The molecule has 1 aromatic carbocycles. The normalized spacial score (nSPS) is 11.5. The predicted octanol–water partition coefficient (Wildman–Crippen LogP) is 3.06. The van der Waals surface area contributed by atoms with E-state index in [-0.39, 0.29) is 11.8 Å². The molecule has 1 N–H and O–H groups in total. The second-order valence-corrected chi connectivity index (χ2v) is 4.75. The third kappa shape index (κ3) is 2.82. The molecule has 82 valence electrons. The van der Waals surface area contributed by atoms with Crippen molar-refractivity contribution in [1.82, 2.24) is 0 Å². The number of hydrogen-bond acceptors (Lipinski definition) is 1. The molecule has 0 spiro atoms. The van der Waals surface area contributed by atoms with Gasteiger partial charge in [-0.05, 0) is 30.5 Å². The van der Waals surface area contributed by atoms with Crippen LogP contribution in [0.2, 0.25) is 0 Å². The molecule has 0 aliphatic rings. The maximum atomic E-state index is 10.7. The van der Waals surface area contributed by atoms with Gasteiger partial charge in [-0.2, -0.15) is 0 Å². The number of aliphatic carboxylic acids is 1. The first-order valence-electron chi connectivity index (χ1n) is 5.12. The summed E-state index contributed by atoms with van der Waals surface area (Å²) in [5.74, 6) is -0.752. The second-order valence-electron chi connectivity index (χ2n) is 4.75. The Morgan fingerprint density at radius 1 is 1.27 bits per heavy atom. The molecule has 2 heteroatoms. The van der Waals surface area contributed by atoms with E-state index in [4.69, 9.17) is 5.11 Å². The average molecular weight is 206 g/mol. The third-order valence-corrected chi connectivity index (χ3v) is 2.88. The monoisotopic (exact) mass is 206 g/mol. The summed E-state index contributed by atoms with van der Waals surface area (Å²) >= 11 is 0. The van der Waals surface area contributed by atoms with E-state index >= 15 is 0 Å². The van der Waals surface area contributed by atoms with Gasteiger partial charge in [-0.15, -0.1) is 0 Å². The SMILES string of the molecule is Cc1ccc(C(C)(C)CC(=O)O)cc1C. The number of benzene rings is 1. The molecule has 0 aliphatic carbocycles. The Hall–Kier alpha value is -1.31. The van der Waals surface area contributed by atoms with E-state index in [1.807, 2.05) is 26.0 Å². The van der Waals surface area contributed by atoms with E-state index in [1.54, 1.807) is 0 Å². The Labute approximate surface area is 90.9 Å². The molecule has 0 radical (unpaired) electrons. The van der Waals surface area contributed by atoms with Crippen molar-refractivity contribution in [2.45, 2.75) is 39.5 Å². The van der Waals surface area contributed by atoms with Gasteiger partial charge in [-0.1, -0.05) is 32.0 Å². The Morgan fingerprint density at radius 2 is 1.87 bits per heavy atom. The molecule has 0 atom stereocenters. The highest BCUT2D eigenvalue weighted by molar-refractivity contribution is 5.68. The van der Waals surface area contributed by atoms with Crippen molar-refractivity contribution in [3.8, 4) is 0 Å². The molecule has 0 unspecified atom stereocenters. The van der Waals surface area contributed by atoms with Gasteiger partial charge in [0.05, 0.1) is 6.42 Å². The molecule has 0 heterocycles. The summed E-state index contributed by atoms with van der Waals surface area (Å²) < 4.78 is 0. The summed E-state index contributed by atoms with van der Waals surface area (Å²) in [5.41, 5.74) is 3.24. The number of rotatable bonds is 3. The van der Waals surface area contributed by atoms with E-state index in [0.29, 0.717) is 0 Å². The van der Waals surface area contributed by atoms with E-state index in [0.717, 1.165) is 5.56 Å². The first-order chi connectivity index (χ1) is 6.83. The fourth-order valence-corrected chi connectivity index (χ4v) is 1.64. The lowest BCUT2D eigenvalue weighted by Crippen LogP contribution is -2.21. The predicted molar refractivity (Wildman–Crippen MR) is 61.2 cm³/mol. The molecular formula is C13H18O2. The molecule has 0 saturated heterocycles. The average Bonchev–Trinajstić information content (AvgIpc) is 2.07. The lowest BCUT2D eigenvalue weighted by Gasteiger charge is -2.23. The summed E-state index contributed by atoms with van der Waals surface area (Å²) in [6, 6.07) is 6.15. The van der Waals surface area contributed by atoms with Crippen LogP contribution in [0.25, 0.3) is 0 Å². The zero-order chi connectivity index (χ0) is 11.6. The zero-order valence-corrected chi connectivity index (χ0v) is 9.79. The van der Waals surface area contributed by atoms with Crippen molar-refractivity contribution < 1.29 is 9.90 Å². The fourth-order valence-electron chi connectivity index (χ4n) is 1.64. The first-order valence-corrected chi connectivity index (χ1v) is 5.12. The smallest absolute Gasteiger partial charge is 0.304 e. The maximum Gasteiger partial charge on any atom is 0.304 e.